The Hall–Kier alpha value is -1.30. The number of benzene rings is 1. The van der Waals surface area contributed by atoms with Gasteiger partial charge >= 0.3 is 6.61 Å². The standard InChI is InChI=1S/C10H7BrF2O3/c1-5(15)6-2-7(4-14)9(11)8(3-6)16-10(12)13/h2-4,10H,1H3. The molecule has 1 aromatic rings. The Kier molecular flexibility index (Phi) is 4.12. The fraction of sp³-hybridized carbons (Fsp3) is 0.200. The predicted octanol–water partition coefficient (Wildman–Crippen LogP) is 3.07. The highest BCUT2D eigenvalue weighted by molar-refractivity contribution is 9.10. The van der Waals surface area contributed by atoms with E-state index in [1.54, 1.807) is 0 Å². The van der Waals surface area contributed by atoms with E-state index in [0.717, 1.165) is 6.07 Å². The van der Waals surface area contributed by atoms with Crippen LogP contribution in [0.15, 0.2) is 16.6 Å². The molecule has 3 nitrogen and oxygen atoms in total. The Morgan fingerprint density at radius 3 is 2.56 bits per heavy atom. The zero-order valence-electron chi connectivity index (χ0n) is 8.17. The summed E-state index contributed by atoms with van der Waals surface area (Å²) in [5, 5.41) is 0. The molecule has 0 fully saturated rings. The van der Waals surface area contributed by atoms with Crippen molar-refractivity contribution in [3.05, 3.63) is 27.7 Å². The van der Waals surface area contributed by atoms with Crippen LogP contribution < -0.4 is 4.74 Å². The zero-order chi connectivity index (χ0) is 12.3. The second-order valence-electron chi connectivity index (χ2n) is 2.93. The summed E-state index contributed by atoms with van der Waals surface area (Å²) in [7, 11) is 0. The van der Waals surface area contributed by atoms with Gasteiger partial charge in [-0.05, 0) is 35.0 Å². The van der Waals surface area contributed by atoms with Crippen LogP contribution in [0.1, 0.15) is 27.6 Å². The Labute approximate surface area is 98.5 Å². The van der Waals surface area contributed by atoms with Crippen LogP contribution in [0, 0.1) is 0 Å². The van der Waals surface area contributed by atoms with E-state index in [1.165, 1.54) is 13.0 Å². The van der Waals surface area contributed by atoms with Gasteiger partial charge in [-0.3, -0.25) is 9.59 Å². The monoisotopic (exact) mass is 292 g/mol. The van der Waals surface area contributed by atoms with E-state index < -0.39 is 6.61 Å². The molecule has 1 rings (SSSR count). The molecule has 0 saturated carbocycles. The Balaban J connectivity index is 3.29. The molecule has 0 aliphatic rings. The molecule has 0 aromatic heterocycles. The molecule has 0 bridgehead atoms. The van der Waals surface area contributed by atoms with Crippen molar-refractivity contribution in [2.24, 2.45) is 0 Å². The highest BCUT2D eigenvalue weighted by Crippen LogP contribution is 2.31. The summed E-state index contributed by atoms with van der Waals surface area (Å²) in [5.41, 5.74) is 0.226. The molecule has 6 heteroatoms. The smallest absolute Gasteiger partial charge is 0.387 e. The topological polar surface area (TPSA) is 43.4 Å². The van der Waals surface area contributed by atoms with E-state index in [9.17, 15) is 18.4 Å². The largest absolute Gasteiger partial charge is 0.434 e. The first-order valence-electron chi connectivity index (χ1n) is 4.20. The lowest BCUT2D eigenvalue weighted by Gasteiger charge is -2.09. The number of aldehydes is 1. The molecule has 0 atom stereocenters. The van der Waals surface area contributed by atoms with E-state index in [2.05, 4.69) is 20.7 Å². The van der Waals surface area contributed by atoms with E-state index in [-0.39, 0.29) is 27.1 Å². The van der Waals surface area contributed by atoms with Crippen LogP contribution in [0.25, 0.3) is 0 Å². The average Bonchev–Trinajstić information content (AvgIpc) is 2.20. The van der Waals surface area contributed by atoms with Crippen LogP contribution in [0.3, 0.4) is 0 Å². The van der Waals surface area contributed by atoms with Gasteiger partial charge in [0, 0.05) is 11.1 Å². The zero-order valence-corrected chi connectivity index (χ0v) is 9.75. The second-order valence-corrected chi connectivity index (χ2v) is 3.72. The summed E-state index contributed by atoms with van der Waals surface area (Å²) >= 11 is 2.95. The lowest BCUT2D eigenvalue weighted by molar-refractivity contribution is -0.0504. The third-order valence-electron chi connectivity index (χ3n) is 1.82. The number of rotatable bonds is 4. The van der Waals surface area contributed by atoms with Crippen LogP contribution in [0.2, 0.25) is 0 Å². The molecular weight excluding hydrogens is 286 g/mol. The first-order chi connectivity index (χ1) is 7.45. The molecule has 0 unspecified atom stereocenters. The first-order valence-corrected chi connectivity index (χ1v) is 4.99. The van der Waals surface area contributed by atoms with Crippen LogP contribution >= 0.6 is 15.9 Å². The van der Waals surface area contributed by atoms with Crippen LogP contribution in [0.4, 0.5) is 8.78 Å². The van der Waals surface area contributed by atoms with Crippen molar-refractivity contribution < 1.29 is 23.1 Å². The van der Waals surface area contributed by atoms with Crippen molar-refractivity contribution in [3.8, 4) is 5.75 Å². The van der Waals surface area contributed by atoms with Gasteiger partial charge in [-0.1, -0.05) is 0 Å². The summed E-state index contributed by atoms with van der Waals surface area (Å²) < 4.78 is 28.4. The van der Waals surface area contributed by atoms with Crippen molar-refractivity contribution >= 4 is 28.0 Å². The van der Waals surface area contributed by atoms with Gasteiger partial charge in [0.1, 0.15) is 5.75 Å². The molecule has 86 valence electrons. The van der Waals surface area contributed by atoms with Gasteiger partial charge in [-0.25, -0.2) is 0 Å². The molecule has 0 saturated heterocycles. The summed E-state index contributed by atoms with van der Waals surface area (Å²) in [4.78, 5) is 21.7. The number of hydrogen-bond donors (Lipinski definition) is 0. The maximum Gasteiger partial charge on any atom is 0.387 e. The van der Waals surface area contributed by atoms with Crippen molar-refractivity contribution in [2.75, 3.05) is 0 Å². The first kappa shape index (κ1) is 12.8. The van der Waals surface area contributed by atoms with E-state index in [4.69, 9.17) is 0 Å². The molecule has 16 heavy (non-hydrogen) atoms. The molecular formula is C10H7BrF2O3. The molecule has 0 aliphatic carbocycles. The van der Waals surface area contributed by atoms with Crippen molar-refractivity contribution in [1.29, 1.82) is 0 Å². The molecule has 0 N–H and O–H groups in total. The minimum Gasteiger partial charge on any atom is -0.434 e. The molecule has 0 aliphatic heterocycles. The Morgan fingerprint density at radius 1 is 1.50 bits per heavy atom. The van der Waals surface area contributed by atoms with E-state index >= 15 is 0 Å². The van der Waals surface area contributed by atoms with Crippen LogP contribution in [-0.2, 0) is 0 Å². The van der Waals surface area contributed by atoms with Gasteiger partial charge in [0.15, 0.2) is 12.1 Å². The summed E-state index contributed by atoms with van der Waals surface area (Å²) in [5.74, 6) is -0.570. The minimum absolute atomic E-state index is 0.0864. The maximum absolute atomic E-state index is 12.1. The van der Waals surface area contributed by atoms with E-state index in [1.807, 2.05) is 0 Å². The lowest BCUT2D eigenvalue weighted by atomic mass is 10.1. The van der Waals surface area contributed by atoms with Gasteiger partial charge in [0.2, 0.25) is 0 Å². The molecule has 1 aromatic carbocycles. The number of ether oxygens (including phenoxy) is 1. The molecule has 0 heterocycles. The number of carbonyl (C=O) groups is 2. The Bertz CT molecular complexity index is 432. The molecule has 0 spiro atoms. The number of Topliss-reactive ketones (excluding diaryl/α,β-unsaturated/α-hetero) is 1. The number of alkyl halides is 2. The fourth-order valence-corrected chi connectivity index (χ4v) is 1.51. The predicted molar refractivity (Wildman–Crippen MR) is 56.2 cm³/mol. The van der Waals surface area contributed by atoms with Crippen LogP contribution in [0.5, 0.6) is 5.75 Å². The maximum atomic E-state index is 12.1. The van der Waals surface area contributed by atoms with Crippen molar-refractivity contribution in [2.45, 2.75) is 13.5 Å². The van der Waals surface area contributed by atoms with Gasteiger partial charge in [0.25, 0.3) is 0 Å². The van der Waals surface area contributed by atoms with Gasteiger partial charge in [0.05, 0.1) is 4.47 Å². The fourth-order valence-electron chi connectivity index (χ4n) is 1.09. The van der Waals surface area contributed by atoms with E-state index in [0.29, 0.717) is 6.29 Å². The lowest BCUT2D eigenvalue weighted by Crippen LogP contribution is -2.05. The third-order valence-corrected chi connectivity index (χ3v) is 2.67. The summed E-state index contributed by atoms with van der Waals surface area (Å²) in [6.07, 6.45) is 0.453. The molecule has 0 radical (unpaired) electrons. The van der Waals surface area contributed by atoms with Gasteiger partial charge in [-0.2, -0.15) is 8.78 Å². The van der Waals surface area contributed by atoms with Crippen molar-refractivity contribution in [3.63, 3.8) is 0 Å². The van der Waals surface area contributed by atoms with Gasteiger partial charge < -0.3 is 4.74 Å². The average molecular weight is 293 g/mol. The summed E-state index contributed by atoms with van der Waals surface area (Å²) in [6, 6.07) is 2.46. The second kappa shape index (κ2) is 5.16. The SMILES string of the molecule is CC(=O)c1cc(C=O)c(Br)c(OC(F)F)c1. The highest BCUT2D eigenvalue weighted by atomic mass is 79.9. The normalized spacial score (nSPS) is 10.3. The number of carbonyl (C=O) groups excluding carboxylic acids is 2. The third kappa shape index (κ3) is 2.85. The Morgan fingerprint density at radius 2 is 2.12 bits per heavy atom. The summed E-state index contributed by atoms with van der Waals surface area (Å²) in [6.45, 7) is -1.75. The minimum atomic E-state index is -3.02. The quantitative estimate of drug-likeness (QED) is 0.633. The van der Waals surface area contributed by atoms with Crippen molar-refractivity contribution in [1.82, 2.24) is 0 Å². The number of ketones is 1. The number of halogens is 3. The van der Waals surface area contributed by atoms with Crippen LogP contribution in [-0.4, -0.2) is 18.7 Å². The molecule has 0 amide bonds. The number of hydrogen-bond acceptors (Lipinski definition) is 3. The highest BCUT2D eigenvalue weighted by Gasteiger charge is 2.14. The van der Waals surface area contributed by atoms with Gasteiger partial charge in [-0.15, -0.1) is 0 Å².